The third kappa shape index (κ3) is 2.81. The molecule has 5 heteroatoms. The molecule has 18 heavy (non-hydrogen) atoms. The van der Waals surface area contributed by atoms with Crippen LogP contribution in [0.15, 0.2) is 41.3 Å². The molecule has 0 amide bonds. The molecule has 0 unspecified atom stereocenters. The van der Waals surface area contributed by atoms with Gasteiger partial charge >= 0.3 is 0 Å². The van der Waals surface area contributed by atoms with Gasteiger partial charge in [0.15, 0.2) is 0 Å². The molecule has 0 radical (unpaired) electrons. The van der Waals surface area contributed by atoms with Crippen LogP contribution in [0.5, 0.6) is 0 Å². The van der Waals surface area contributed by atoms with Gasteiger partial charge in [0, 0.05) is 19.4 Å². The molecule has 0 saturated carbocycles. The lowest BCUT2D eigenvalue weighted by molar-refractivity contribution is 0.0985. The number of hydrogen-bond donors (Lipinski definition) is 0. The summed E-state index contributed by atoms with van der Waals surface area (Å²) in [7, 11) is 1.61. The van der Waals surface area contributed by atoms with Gasteiger partial charge in [-0.1, -0.05) is 6.07 Å². The lowest BCUT2D eigenvalue weighted by atomic mass is 10.2. The van der Waals surface area contributed by atoms with Crippen molar-refractivity contribution in [2.45, 2.75) is 19.6 Å². The van der Waals surface area contributed by atoms with Gasteiger partial charge < -0.3 is 4.74 Å². The average molecular weight is 245 g/mol. The molecule has 0 bridgehead atoms. The van der Waals surface area contributed by atoms with Crippen LogP contribution in [0.4, 0.5) is 0 Å². The van der Waals surface area contributed by atoms with E-state index in [0.29, 0.717) is 12.2 Å². The molecule has 0 aromatic carbocycles. The third-order valence-electron chi connectivity index (χ3n) is 2.63. The molecule has 0 saturated heterocycles. The largest absolute Gasteiger partial charge is 0.380 e. The molecule has 94 valence electrons. The van der Waals surface area contributed by atoms with E-state index in [1.165, 1.54) is 10.7 Å². The van der Waals surface area contributed by atoms with Crippen molar-refractivity contribution in [3.8, 4) is 11.4 Å². The molecule has 2 heterocycles. The Morgan fingerprint density at radius 1 is 1.28 bits per heavy atom. The van der Waals surface area contributed by atoms with Gasteiger partial charge in [0.05, 0.1) is 18.3 Å². The summed E-state index contributed by atoms with van der Waals surface area (Å²) in [6, 6.07) is 8.76. The Balaban J connectivity index is 2.35. The van der Waals surface area contributed by atoms with Crippen LogP contribution in [0.2, 0.25) is 0 Å². The van der Waals surface area contributed by atoms with E-state index in [9.17, 15) is 4.79 Å². The van der Waals surface area contributed by atoms with E-state index in [1.54, 1.807) is 19.4 Å². The maximum Gasteiger partial charge on any atom is 0.266 e. The Kier molecular flexibility index (Phi) is 3.84. The smallest absolute Gasteiger partial charge is 0.266 e. The van der Waals surface area contributed by atoms with Gasteiger partial charge in [0.1, 0.15) is 5.69 Å². The highest BCUT2D eigenvalue weighted by Gasteiger charge is 2.07. The Hall–Kier alpha value is -2.01. The summed E-state index contributed by atoms with van der Waals surface area (Å²) in [5, 5.41) is 4.29. The van der Waals surface area contributed by atoms with E-state index in [1.807, 2.05) is 25.1 Å². The van der Waals surface area contributed by atoms with Gasteiger partial charge in [-0.05, 0) is 25.1 Å². The molecule has 0 aliphatic rings. The van der Waals surface area contributed by atoms with E-state index in [-0.39, 0.29) is 11.7 Å². The summed E-state index contributed by atoms with van der Waals surface area (Å²) >= 11 is 0. The van der Waals surface area contributed by atoms with Crippen LogP contribution in [0, 0.1) is 0 Å². The molecule has 0 N–H and O–H groups in total. The molecule has 5 nitrogen and oxygen atoms in total. The van der Waals surface area contributed by atoms with E-state index in [4.69, 9.17) is 4.74 Å². The predicted molar refractivity (Wildman–Crippen MR) is 68.2 cm³/mol. The number of nitrogens with zero attached hydrogens (tertiary/aromatic N) is 3. The number of methoxy groups -OCH3 is 1. The van der Waals surface area contributed by atoms with E-state index in [0.717, 1.165) is 5.69 Å². The van der Waals surface area contributed by atoms with Gasteiger partial charge in [0.25, 0.3) is 5.56 Å². The highest BCUT2D eigenvalue weighted by atomic mass is 16.5. The lowest BCUT2D eigenvalue weighted by Crippen LogP contribution is -2.28. The molecule has 0 aliphatic heterocycles. The minimum atomic E-state index is -0.140. The Bertz CT molecular complexity index is 566. The van der Waals surface area contributed by atoms with Gasteiger partial charge in [0.2, 0.25) is 0 Å². The summed E-state index contributed by atoms with van der Waals surface area (Å²) in [5.74, 6) is 0. The quantitative estimate of drug-likeness (QED) is 0.815. The second kappa shape index (κ2) is 5.55. The molecular formula is C13H15N3O2. The number of ether oxygens (including phenoxy) is 1. The van der Waals surface area contributed by atoms with E-state index < -0.39 is 0 Å². The first-order chi connectivity index (χ1) is 8.70. The molecule has 1 atom stereocenters. The van der Waals surface area contributed by atoms with Crippen molar-refractivity contribution in [1.82, 2.24) is 14.8 Å². The van der Waals surface area contributed by atoms with Crippen molar-refractivity contribution >= 4 is 0 Å². The van der Waals surface area contributed by atoms with Crippen LogP contribution in [0.3, 0.4) is 0 Å². The SMILES string of the molecule is CO[C@H](C)Cn1nc(-c2ccccn2)ccc1=O. The average Bonchev–Trinajstić information content (AvgIpc) is 2.42. The van der Waals surface area contributed by atoms with Crippen molar-refractivity contribution in [2.24, 2.45) is 0 Å². The number of aromatic nitrogens is 3. The molecular weight excluding hydrogens is 230 g/mol. The van der Waals surface area contributed by atoms with Crippen LogP contribution in [0.25, 0.3) is 11.4 Å². The minimum absolute atomic E-state index is 0.0609. The van der Waals surface area contributed by atoms with Gasteiger partial charge in [-0.15, -0.1) is 0 Å². The maximum atomic E-state index is 11.7. The molecule has 0 fully saturated rings. The zero-order valence-corrected chi connectivity index (χ0v) is 10.4. The van der Waals surface area contributed by atoms with Crippen molar-refractivity contribution < 1.29 is 4.74 Å². The fourth-order valence-electron chi connectivity index (χ4n) is 1.55. The summed E-state index contributed by atoms with van der Waals surface area (Å²) in [6.45, 7) is 2.32. The fraction of sp³-hybridized carbons (Fsp3) is 0.308. The highest BCUT2D eigenvalue weighted by Crippen LogP contribution is 2.10. The zero-order valence-electron chi connectivity index (χ0n) is 10.4. The Morgan fingerprint density at radius 2 is 2.11 bits per heavy atom. The normalized spacial score (nSPS) is 12.3. The highest BCUT2D eigenvalue weighted by molar-refractivity contribution is 5.52. The summed E-state index contributed by atoms with van der Waals surface area (Å²) in [6.07, 6.45) is 1.64. The molecule has 2 rings (SSSR count). The zero-order chi connectivity index (χ0) is 13.0. The molecule has 0 aliphatic carbocycles. The third-order valence-corrected chi connectivity index (χ3v) is 2.63. The summed E-state index contributed by atoms with van der Waals surface area (Å²) in [4.78, 5) is 15.9. The van der Waals surface area contributed by atoms with Crippen LogP contribution < -0.4 is 5.56 Å². The second-order valence-electron chi connectivity index (χ2n) is 4.00. The maximum absolute atomic E-state index is 11.7. The first kappa shape index (κ1) is 12.4. The van der Waals surface area contributed by atoms with Gasteiger partial charge in [-0.3, -0.25) is 9.78 Å². The monoisotopic (exact) mass is 245 g/mol. The number of pyridine rings is 1. The standard InChI is InChI=1S/C13H15N3O2/c1-10(18-2)9-16-13(17)7-6-12(15-16)11-5-3-4-8-14-11/h3-8,10H,9H2,1-2H3/t10-/m1/s1. The second-order valence-corrected chi connectivity index (χ2v) is 4.00. The predicted octanol–water partition coefficient (Wildman–Crippen LogP) is 1.34. The van der Waals surface area contributed by atoms with Crippen molar-refractivity contribution in [3.05, 3.63) is 46.9 Å². The Morgan fingerprint density at radius 3 is 2.78 bits per heavy atom. The first-order valence-electron chi connectivity index (χ1n) is 5.73. The van der Waals surface area contributed by atoms with Crippen molar-refractivity contribution in [3.63, 3.8) is 0 Å². The number of rotatable bonds is 4. The summed E-state index contributed by atoms with van der Waals surface area (Å²) in [5.41, 5.74) is 1.29. The van der Waals surface area contributed by atoms with E-state index >= 15 is 0 Å². The van der Waals surface area contributed by atoms with E-state index in [2.05, 4.69) is 10.1 Å². The number of hydrogen-bond acceptors (Lipinski definition) is 4. The minimum Gasteiger partial charge on any atom is -0.380 e. The van der Waals surface area contributed by atoms with Gasteiger partial charge in [-0.25, -0.2) is 4.68 Å². The van der Waals surface area contributed by atoms with Crippen LogP contribution in [0.1, 0.15) is 6.92 Å². The van der Waals surface area contributed by atoms with Crippen molar-refractivity contribution in [1.29, 1.82) is 0 Å². The first-order valence-corrected chi connectivity index (χ1v) is 5.73. The fourth-order valence-corrected chi connectivity index (χ4v) is 1.55. The molecule has 2 aromatic heterocycles. The lowest BCUT2D eigenvalue weighted by Gasteiger charge is -2.11. The molecule has 2 aromatic rings. The Labute approximate surface area is 105 Å². The topological polar surface area (TPSA) is 57.0 Å². The van der Waals surface area contributed by atoms with Crippen LogP contribution >= 0.6 is 0 Å². The van der Waals surface area contributed by atoms with Crippen molar-refractivity contribution in [2.75, 3.05) is 7.11 Å². The van der Waals surface area contributed by atoms with Crippen LogP contribution in [-0.2, 0) is 11.3 Å². The van der Waals surface area contributed by atoms with Crippen LogP contribution in [-0.4, -0.2) is 28.0 Å². The van der Waals surface area contributed by atoms with Gasteiger partial charge in [-0.2, -0.15) is 5.10 Å². The summed E-state index contributed by atoms with van der Waals surface area (Å²) < 4.78 is 6.54. The molecule has 0 spiro atoms.